The lowest BCUT2D eigenvalue weighted by Gasteiger charge is -2.16. The molecule has 1 aromatic heterocycles. The maximum atomic E-state index is 9.77. The molecule has 0 saturated carbocycles. The van der Waals surface area contributed by atoms with E-state index >= 15 is 0 Å². The molecule has 1 rings (SSSR count). The van der Waals surface area contributed by atoms with E-state index in [1.807, 2.05) is 0 Å². The van der Waals surface area contributed by atoms with Crippen LogP contribution in [0.15, 0.2) is 22.8 Å². The molecule has 0 radical (unpaired) electrons. The van der Waals surface area contributed by atoms with Crippen molar-refractivity contribution in [1.29, 1.82) is 0 Å². The molecule has 3 atom stereocenters. The van der Waals surface area contributed by atoms with E-state index in [1.54, 1.807) is 12.1 Å². The molecule has 7 heteroatoms. The first-order valence-corrected chi connectivity index (χ1v) is 4.65. The van der Waals surface area contributed by atoms with Crippen molar-refractivity contribution in [2.75, 3.05) is 6.61 Å². The van der Waals surface area contributed by atoms with Gasteiger partial charge in [-0.05, 0) is 12.1 Å². The largest absolute Gasteiger partial charge is 0.462 e. The molecule has 0 fully saturated rings. The van der Waals surface area contributed by atoms with Gasteiger partial charge in [0.2, 0.25) is 0 Å². The number of hydrogen-bond donors (Lipinski definition) is 4. The molecule has 0 spiro atoms. The fourth-order valence-corrected chi connectivity index (χ4v) is 0.774. The van der Waals surface area contributed by atoms with Gasteiger partial charge in [-0.3, -0.25) is 4.79 Å². The lowest BCUT2D eigenvalue weighted by molar-refractivity contribution is -0.127. The van der Waals surface area contributed by atoms with Crippen molar-refractivity contribution in [1.82, 2.24) is 0 Å². The topological polar surface area (TPSA) is 128 Å². The lowest BCUT2D eigenvalue weighted by atomic mass is 10.1. The summed E-state index contributed by atoms with van der Waals surface area (Å²) in [5.74, 6) is 0.375. The van der Waals surface area contributed by atoms with Crippen LogP contribution in [0.25, 0.3) is 0 Å². The molecule has 0 aromatic carbocycles. The van der Waals surface area contributed by atoms with Gasteiger partial charge >= 0.3 is 0 Å². The summed E-state index contributed by atoms with van der Waals surface area (Å²) in [6.45, 7) is -0.688. The van der Waals surface area contributed by atoms with E-state index in [0.29, 0.717) is 12.0 Å². The Morgan fingerprint density at radius 2 is 1.94 bits per heavy atom. The number of aliphatic hydroxyl groups is 4. The fraction of sp³-hybridized carbons (Fsp3) is 0.400. The van der Waals surface area contributed by atoms with Gasteiger partial charge in [0.15, 0.2) is 18.3 Å². The van der Waals surface area contributed by atoms with Crippen LogP contribution in [0.1, 0.15) is 10.6 Å². The number of carbonyl (C=O) groups excluding carboxylic acids is 2. The van der Waals surface area contributed by atoms with Crippen molar-refractivity contribution in [2.45, 2.75) is 18.3 Å². The molecule has 0 bridgehead atoms. The third-order valence-corrected chi connectivity index (χ3v) is 1.73. The minimum Gasteiger partial charge on any atom is -0.462 e. The SMILES string of the molecule is O=C[C@@H](O)[C@H](O)[C@H](O)CO.O=Cc1ccco1. The molecule has 0 saturated heterocycles. The number of aliphatic hydroxyl groups excluding tert-OH is 4. The quantitative estimate of drug-likeness (QED) is 0.458. The molecule has 0 aliphatic rings. The zero-order valence-corrected chi connectivity index (χ0v) is 8.84. The molecule has 4 N–H and O–H groups in total. The second-order valence-electron chi connectivity index (χ2n) is 3.00. The molecule has 1 aromatic rings. The molecule has 17 heavy (non-hydrogen) atoms. The summed E-state index contributed by atoms with van der Waals surface area (Å²) >= 11 is 0. The molecule has 7 nitrogen and oxygen atoms in total. The normalized spacial score (nSPS) is 15.1. The summed E-state index contributed by atoms with van der Waals surface area (Å²) in [4.78, 5) is 19.5. The van der Waals surface area contributed by atoms with Crippen LogP contribution in [0.3, 0.4) is 0 Å². The first-order chi connectivity index (χ1) is 8.06. The molecule has 1 heterocycles. The van der Waals surface area contributed by atoms with Gasteiger partial charge in [0.05, 0.1) is 12.9 Å². The van der Waals surface area contributed by atoms with Gasteiger partial charge in [-0.1, -0.05) is 0 Å². The summed E-state index contributed by atoms with van der Waals surface area (Å²) in [5, 5.41) is 34.1. The smallest absolute Gasteiger partial charge is 0.185 e. The van der Waals surface area contributed by atoms with Gasteiger partial charge in [0.25, 0.3) is 0 Å². The maximum absolute atomic E-state index is 9.77. The third-order valence-electron chi connectivity index (χ3n) is 1.73. The Morgan fingerprint density at radius 3 is 2.24 bits per heavy atom. The van der Waals surface area contributed by atoms with Gasteiger partial charge < -0.3 is 29.6 Å². The minimum atomic E-state index is -1.64. The zero-order chi connectivity index (χ0) is 13.3. The van der Waals surface area contributed by atoms with Crippen LogP contribution in [0.5, 0.6) is 0 Å². The van der Waals surface area contributed by atoms with Gasteiger partial charge in [-0.2, -0.15) is 0 Å². The molecular weight excluding hydrogens is 232 g/mol. The second kappa shape index (κ2) is 8.59. The Balaban J connectivity index is 0.000000318. The fourth-order valence-electron chi connectivity index (χ4n) is 0.774. The Morgan fingerprint density at radius 1 is 1.29 bits per heavy atom. The summed E-state index contributed by atoms with van der Waals surface area (Å²) in [6, 6.07) is 3.27. The van der Waals surface area contributed by atoms with E-state index in [0.717, 1.165) is 0 Å². The van der Waals surface area contributed by atoms with Gasteiger partial charge in [-0.15, -0.1) is 0 Å². The maximum Gasteiger partial charge on any atom is 0.185 e. The van der Waals surface area contributed by atoms with Crippen LogP contribution in [0.4, 0.5) is 0 Å². The van der Waals surface area contributed by atoms with Crippen molar-refractivity contribution in [2.24, 2.45) is 0 Å². The standard InChI is InChI=1S/C5H10O5.C5H4O2/c6-1-3(8)5(10)4(9)2-7;6-4-5-2-1-3-7-5/h1,3-5,7-10H,2H2;1-4H/t3-,4-,5+;/m1./s1. The van der Waals surface area contributed by atoms with Gasteiger partial charge in [0.1, 0.15) is 18.3 Å². The van der Waals surface area contributed by atoms with Crippen LogP contribution in [0, 0.1) is 0 Å². The number of hydrogen-bond acceptors (Lipinski definition) is 7. The molecule has 0 unspecified atom stereocenters. The molecular formula is C10H14O7. The van der Waals surface area contributed by atoms with Crippen LogP contribution in [0.2, 0.25) is 0 Å². The Kier molecular flexibility index (Phi) is 7.82. The van der Waals surface area contributed by atoms with Crippen LogP contribution < -0.4 is 0 Å². The van der Waals surface area contributed by atoms with Crippen LogP contribution in [-0.2, 0) is 4.79 Å². The predicted octanol–water partition coefficient (Wildman–Crippen LogP) is -1.65. The van der Waals surface area contributed by atoms with Crippen LogP contribution >= 0.6 is 0 Å². The molecule has 96 valence electrons. The van der Waals surface area contributed by atoms with Crippen molar-refractivity contribution >= 4 is 12.6 Å². The number of rotatable bonds is 5. The molecule has 0 amide bonds. The number of carbonyl (C=O) groups is 2. The van der Waals surface area contributed by atoms with Crippen LogP contribution in [-0.4, -0.2) is 57.9 Å². The predicted molar refractivity (Wildman–Crippen MR) is 55.3 cm³/mol. The Hall–Kier alpha value is -1.54. The first kappa shape index (κ1) is 15.5. The van der Waals surface area contributed by atoms with Crippen molar-refractivity contribution < 1.29 is 34.4 Å². The molecule has 0 aliphatic carbocycles. The number of furan rings is 1. The highest BCUT2D eigenvalue weighted by Crippen LogP contribution is 1.96. The monoisotopic (exact) mass is 246 g/mol. The van der Waals surface area contributed by atoms with E-state index < -0.39 is 24.9 Å². The minimum absolute atomic E-state index is 0.0869. The Bertz CT molecular complexity index is 308. The van der Waals surface area contributed by atoms with Crippen molar-refractivity contribution in [3.8, 4) is 0 Å². The van der Waals surface area contributed by atoms with E-state index in [9.17, 15) is 9.59 Å². The summed E-state index contributed by atoms with van der Waals surface area (Å²) < 4.78 is 4.61. The Labute approximate surface area is 96.9 Å². The van der Waals surface area contributed by atoms with E-state index in [-0.39, 0.29) is 6.29 Å². The highest BCUT2D eigenvalue weighted by Gasteiger charge is 2.22. The highest BCUT2D eigenvalue weighted by atomic mass is 16.4. The van der Waals surface area contributed by atoms with Crippen molar-refractivity contribution in [3.05, 3.63) is 24.2 Å². The lowest BCUT2D eigenvalue weighted by Crippen LogP contribution is -2.40. The number of aldehydes is 2. The highest BCUT2D eigenvalue weighted by molar-refractivity contribution is 5.69. The third kappa shape index (κ3) is 5.93. The zero-order valence-electron chi connectivity index (χ0n) is 8.84. The van der Waals surface area contributed by atoms with E-state index in [2.05, 4.69) is 4.42 Å². The average molecular weight is 246 g/mol. The average Bonchev–Trinajstić information content (AvgIpc) is 2.89. The summed E-state index contributed by atoms with van der Waals surface area (Å²) in [7, 11) is 0. The van der Waals surface area contributed by atoms with Gasteiger partial charge in [-0.25, -0.2) is 0 Å². The van der Waals surface area contributed by atoms with Crippen molar-refractivity contribution in [3.63, 3.8) is 0 Å². The first-order valence-electron chi connectivity index (χ1n) is 4.65. The summed E-state index contributed by atoms with van der Waals surface area (Å²) in [5.41, 5.74) is 0. The van der Waals surface area contributed by atoms with Gasteiger partial charge in [0, 0.05) is 0 Å². The summed E-state index contributed by atoms with van der Waals surface area (Å²) in [6.07, 6.45) is -2.50. The molecule has 0 aliphatic heterocycles. The second-order valence-corrected chi connectivity index (χ2v) is 3.00. The van der Waals surface area contributed by atoms with E-state index in [4.69, 9.17) is 20.4 Å². The van der Waals surface area contributed by atoms with E-state index in [1.165, 1.54) is 6.26 Å².